The summed E-state index contributed by atoms with van der Waals surface area (Å²) in [6, 6.07) is 3.29. The molecule has 1 amide bonds. The van der Waals surface area contributed by atoms with Crippen LogP contribution in [0.15, 0.2) is 24.5 Å². The van der Waals surface area contributed by atoms with E-state index in [-0.39, 0.29) is 5.91 Å². The van der Waals surface area contributed by atoms with E-state index < -0.39 is 16.1 Å². The Bertz CT molecular complexity index is 589. The van der Waals surface area contributed by atoms with Crippen LogP contribution < -0.4 is 0 Å². The minimum atomic E-state index is -3.32. The van der Waals surface area contributed by atoms with Crippen LogP contribution in [0.5, 0.6) is 0 Å². The Morgan fingerprint density at radius 2 is 2.10 bits per heavy atom. The summed E-state index contributed by atoms with van der Waals surface area (Å²) in [6.07, 6.45) is 6.68. The van der Waals surface area contributed by atoms with Crippen LogP contribution in [-0.4, -0.2) is 60.9 Å². The molecule has 116 valence electrons. The fraction of sp³-hybridized carbons (Fsp3) is 0.571. The molecule has 0 radical (unpaired) electrons. The molecule has 0 aliphatic carbocycles. The molecule has 0 spiro atoms. The van der Waals surface area contributed by atoms with Crippen molar-refractivity contribution < 1.29 is 13.2 Å². The number of likely N-dealkylation sites (N-methyl/N-ethyl adjacent to an activating group) is 1. The lowest BCUT2D eigenvalue weighted by molar-refractivity contribution is -0.133. The zero-order valence-electron chi connectivity index (χ0n) is 12.4. The van der Waals surface area contributed by atoms with Crippen LogP contribution in [0.1, 0.15) is 18.4 Å². The van der Waals surface area contributed by atoms with Crippen molar-refractivity contribution in [2.75, 3.05) is 26.4 Å². The molecule has 1 aliphatic heterocycles. The van der Waals surface area contributed by atoms with Crippen molar-refractivity contribution in [1.29, 1.82) is 0 Å². The molecule has 2 rings (SSSR count). The van der Waals surface area contributed by atoms with Gasteiger partial charge in [-0.05, 0) is 37.0 Å². The Morgan fingerprint density at radius 3 is 2.71 bits per heavy atom. The van der Waals surface area contributed by atoms with Gasteiger partial charge in [0.2, 0.25) is 15.9 Å². The number of sulfonamides is 1. The lowest BCUT2D eigenvalue weighted by atomic mass is 10.1. The van der Waals surface area contributed by atoms with E-state index in [0.29, 0.717) is 19.5 Å². The van der Waals surface area contributed by atoms with Gasteiger partial charge in [0.1, 0.15) is 6.04 Å². The Hall–Kier alpha value is -1.47. The molecule has 2 heterocycles. The summed E-state index contributed by atoms with van der Waals surface area (Å²) in [6.45, 7) is 1.00. The minimum absolute atomic E-state index is 0.119. The van der Waals surface area contributed by atoms with E-state index >= 15 is 0 Å². The second kappa shape index (κ2) is 6.53. The van der Waals surface area contributed by atoms with Crippen molar-refractivity contribution in [2.24, 2.45) is 0 Å². The Balaban J connectivity index is 1.96. The van der Waals surface area contributed by atoms with Gasteiger partial charge < -0.3 is 4.90 Å². The number of aromatic nitrogens is 1. The van der Waals surface area contributed by atoms with Gasteiger partial charge >= 0.3 is 0 Å². The first kappa shape index (κ1) is 15.9. The second-order valence-corrected chi connectivity index (χ2v) is 7.33. The van der Waals surface area contributed by atoms with Gasteiger partial charge in [0.05, 0.1) is 6.26 Å². The fourth-order valence-corrected chi connectivity index (χ4v) is 3.71. The fourth-order valence-electron chi connectivity index (χ4n) is 2.59. The molecule has 0 N–H and O–H groups in total. The molecule has 6 nitrogen and oxygen atoms in total. The van der Waals surface area contributed by atoms with Crippen LogP contribution in [0.3, 0.4) is 0 Å². The quantitative estimate of drug-likeness (QED) is 0.794. The van der Waals surface area contributed by atoms with Crippen LogP contribution in [-0.2, 0) is 21.2 Å². The molecule has 1 aromatic heterocycles. The number of hydrogen-bond acceptors (Lipinski definition) is 4. The predicted octanol–water partition coefficient (Wildman–Crippen LogP) is 0.507. The average molecular weight is 311 g/mol. The third-order valence-corrected chi connectivity index (χ3v) is 5.07. The molecule has 0 bridgehead atoms. The highest BCUT2D eigenvalue weighted by molar-refractivity contribution is 7.88. The minimum Gasteiger partial charge on any atom is -0.344 e. The third-order valence-electron chi connectivity index (χ3n) is 3.78. The van der Waals surface area contributed by atoms with Crippen molar-refractivity contribution >= 4 is 15.9 Å². The number of rotatable bonds is 5. The van der Waals surface area contributed by atoms with Gasteiger partial charge in [-0.1, -0.05) is 0 Å². The Morgan fingerprint density at radius 1 is 1.43 bits per heavy atom. The Labute approximate surface area is 125 Å². The highest BCUT2D eigenvalue weighted by atomic mass is 32.2. The van der Waals surface area contributed by atoms with Crippen LogP contribution in [0.4, 0.5) is 0 Å². The van der Waals surface area contributed by atoms with Crippen LogP contribution in [0, 0.1) is 0 Å². The number of pyridine rings is 1. The standard InChI is InChI=1S/C14H21N3O3S/c1-16(11-7-12-5-8-15-9-6-12)14(18)13-4-3-10-17(13)21(2,19)20/h5-6,8-9,13H,3-4,7,10-11H2,1-2H3. The lowest BCUT2D eigenvalue weighted by Crippen LogP contribution is -2.46. The molecule has 1 aromatic rings. The molecule has 0 saturated carbocycles. The zero-order chi connectivity index (χ0) is 15.5. The van der Waals surface area contributed by atoms with Crippen LogP contribution >= 0.6 is 0 Å². The zero-order valence-corrected chi connectivity index (χ0v) is 13.2. The van der Waals surface area contributed by atoms with E-state index in [0.717, 1.165) is 24.7 Å². The van der Waals surface area contributed by atoms with Crippen LogP contribution in [0.2, 0.25) is 0 Å². The Kier molecular flexibility index (Phi) is 4.95. The maximum atomic E-state index is 12.4. The number of amides is 1. The van der Waals surface area contributed by atoms with Gasteiger partial charge in [-0.2, -0.15) is 4.31 Å². The molecule has 1 aliphatic rings. The van der Waals surface area contributed by atoms with E-state index in [1.54, 1.807) is 24.3 Å². The van der Waals surface area contributed by atoms with Gasteiger partial charge in [0, 0.05) is 32.5 Å². The number of nitrogens with zero attached hydrogens (tertiary/aromatic N) is 3. The van der Waals surface area contributed by atoms with Crippen molar-refractivity contribution in [3.63, 3.8) is 0 Å². The number of hydrogen-bond donors (Lipinski definition) is 0. The first-order valence-corrected chi connectivity index (χ1v) is 8.85. The molecule has 1 fully saturated rings. The summed E-state index contributed by atoms with van der Waals surface area (Å²) in [4.78, 5) is 18.0. The predicted molar refractivity (Wildman–Crippen MR) is 80.1 cm³/mol. The van der Waals surface area contributed by atoms with Crippen molar-refractivity contribution in [3.8, 4) is 0 Å². The van der Waals surface area contributed by atoms with E-state index in [1.165, 1.54) is 4.31 Å². The maximum absolute atomic E-state index is 12.4. The van der Waals surface area contributed by atoms with Crippen molar-refractivity contribution in [2.45, 2.75) is 25.3 Å². The largest absolute Gasteiger partial charge is 0.344 e. The highest BCUT2D eigenvalue weighted by Gasteiger charge is 2.37. The summed E-state index contributed by atoms with van der Waals surface area (Å²) >= 11 is 0. The highest BCUT2D eigenvalue weighted by Crippen LogP contribution is 2.21. The molecular weight excluding hydrogens is 290 g/mol. The van der Waals surface area contributed by atoms with Crippen molar-refractivity contribution in [1.82, 2.24) is 14.2 Å². The molecule has 21 heavy (non-hydrogen) atoms. The molecule has 0 aromatic carbocycles. The smallest absolute Gasteiger partial charge is 0.240 e. The number of carbonyl (C=O) groups is 1. The van der Waals surface area contributed by atoms with E-state index in [2.05, 4.69) is 4.98 Å². The summed E-state index contributed by atoms with van der Waals surface area (Å²) in [5.74, 6) is -0.119. The first-order valence-electron chi connectivity index (χ1n) is 7.00. The summed E-state index contributed by atoms with van der Waals surface area (Å²) in [5, 5.41) is 0. The molecule has 1 unspecified atom stereocenters. The summed E-state index contributed by atoms with van der Waals surface area (Å²) < 4.78 is 24.7. The average Bonchev–Trinajstić information content (AvgIpc) is 2.94. The monoisotopic (exact) mass is 311 g/mol. The lowest BCUT2D eigenvalue weighted by Gasteiger charge is -2.26. The van der Waals surface area contributed by atoms with E-state index in [1.807, 2.05) is 12.1 Å². The van der Waals surface area contributed by atoms with Gasteiger partial charge in [0.15, 0.2) is 0 Å². The first-order chi connectivity index (χ1) is 9.89. The van der Waals surface area contributed by atoms with Crippen molar-refractivity contribution in [3.05, 3.63) is 30.1 Å². The topological polar surface area (TPSA) is 70.6 Å². The van der Waals surface area contributed by atoms with E-state index in [9.17, 15) is 13.2 Å². The normalized spacial score (nSPS) is 19.6. The van der Waals surface area contributed by atoms with Gasteiger partial charge in [-0.15, -0.1) is 0 Å². The van der Waals surface area contributed by atoms with Gasteiger partial charge in [-0.3, -0.25) is 9.78 Å². The summed E-state index contributed by atoms with van der Waals surface area (Å²) in [7, 11) is -1.60. The summed E-state index contributed by atoms with van der Waals surface area (Å²) in [5.41, 5.74) is 1.11. The molecular formula is C14H21N3O3S. The second-order valence-electron chi connectivity index (χ2n) is 5.40. The SMILES string of the molecule is CN(CCc1ccncc1)C(=O)C1CCCN1S(C)(=O)=O. The van der Waals surface area contributed by atoms with Gasteiger partial charge in [-0.25, -0.2) is 8.42 Å². The van der Waals surface area contributed by atoms with Gasteiger partial charge in [0.25, 0.3) is 0 Å². The molecule has 1 atom stereocenters. The number of carbonyl (C=O) groups excluding carboxylic acids is 1. The van der Waals surface area contributed by atoms with Crippen LogP contribution in [0.25, 0.3) is 0 Å². The molecule has 7 heteroatoms. The third kappa shape index (κ3) is 4.01. The van der Waals surface area contributed by atoms with E-state index in [4.69, 9.17) is 0 Å². The maximum Gasteiger partial charge on any atom is 0.240 e. The molecule has 1 saturated heterocycles.